The summed E-state index contributed by atoms with van der Waals surface area (Å²) in [6.45, 7) is 0. The molecule has 0 aliphatic heterocycles. The summed E-state index contributed by atoms with van der Waals surface area (Å²) >= 11 is 11.6. The highest BCUT2D eigenvalue weighted by molar-refractivity contribution is 6.42. The fraction of sp³-hybridized carbons (Fsp3) is 0. The molecule has 0 spiro atoms. The van der Waals surface area contributed by atoms with Crippen LogP contribution in [0.25, 0.3) is 0 Å². The molecule has 7 heteroatoms. The largest absolute Gasteiger partial charge is 0.508 e. The quantitative estimate of drug-likeness (QED) is 0.460. The zero-order valence-corrected chi connectivity index (χ0v) is 12.1. The van der Waals surface area contributed by atoms with Crippen molar-refractivity contribution in [3.63, 3.8) is 0 Å². The number of amides is 1. The summed E-state index contributed by atoms with van der Waals surface area (Å²) in [5.41, 5.74) is 2.84. The molecule has 0 aliphatic rings. The molecule has 108 valence electrons. The summed E-state index contributed by atoms with van der Waals surface area (Å²) in [6.07, 6.45) is 1.21. The van der Waals surface area contributed by atoms with Crippen molar-refractivity contribution in [2.24, 2.45) is 5.10 Å². The average Bonchev–Trinajstić information content (AvgIpc) is 2.45. The van der Waals surface area contributed by atoms with Gasteiger partial charge in [0.25, 0.3) is 5.91 Å². The van der Waals surface area contributed by atoms with Crippen molar-refractivity contribution in [1.82, 2.24) is 5.43 Å². The van der Waals surface area contributed by atoms with Gasteiger partial charge < -0.3 is 10.2 Å². The number of rotatable bonds is 3. The maximum Gasteiger partial charge on any atom is 0.271 e. The summed E-state index contributed by atoms with van der Waals surface area (Å²) in [4.78, 5) is 11.8. The first kappa shape index (κ1) is 15.2. The van der Waals surface area contributed by atoms with E-state index in [0.717, 1.165) is 0 Å². The van der Waals surface area contributed by atoms with Crippen LogP contribution in [0.15, 0.2) is 41.5 Å². The van der Waals surface area contributed by atoms with E-state index in [1.54, 1.807) is 0 Å². The van der Waals surface area contributed by atoms with Crippen molar-refractivity contribution in [2.45, 2.75) is 0 Å². The third kappa shape index (κ3) is 3.87. The SMILES string of the molecule is O=C(N/N=C\c1cc(O)ccc1O)c1ccc(Cl)c(Cl)c1. The van der Waals surface area contributed by atoms with Gasteiger partial charge in [0.05, 0.1) is 16.3 Å². The molecule has 0 atom stereocenters. The number of nitrogens with one attached hydrogen (secondary N) is 1. The molecule has 2 aromatic rings. The number of benzene rings is 2. The van der Waals surface area contributed by atoms with Crippen molar-refractivity contribution < 1.29 is 15.0 Å². The molecule has 0 unspecified atom stereocenters. The van der Waals surface area contributed by atoms with Gasteiger partial charge in [-0.1, -0.05) is 23.2 Å². The lowest BCUT2D eigenvalue weighted by molar-refractivity contribution is 0.0955. The molecular formula is C14H10Cl2N2O3. The Hall–Kier alpha value is -2.24. The Balaban J connectivity index is 2.08. The van der Waals surface area contributed by atoms with Crippen LogP contribution in [0.3, 0.4) is 0 Å². The average molecular weight is 325 g/mol. The number of aromatic hydroxyl groups is 2. The predicted octanol–water partition coefficient (Wildman–Crippen LogP) is 3.17. The fourth-order valence-electron chi connectivity index (χ4n) is 1.51. The second-order valence-electron chi connectivity index (χ2n) is 4.07. The molecule has 2 rings (SSSR count). The number of hydrogen-bond acceptors (Lipinski definition) is 4. The van der Waals surface area contributed by atoms with Crippen LogP contribution in [0, 0.1) is 0 Å². The van der Waals surface area contributed by atoms with Gasteiger partial charge in [-0.25, -0.2) is 5.43 Å². The first-order valence-electron chi connectivity index (χ1n) is 5.78. The van der Waals surface area contributed by atoms with Gasteiger partial charge in [0, 0.05) is 11.1 Å². The van der Waals surface area contributed by atoms with Gasteiger partial charge in [0.1, 0.15) is 11.5 Å². The van der Waals surface area contributed by atoms with Gasteiger partial charge >= 0.3 is 0 Å². The Labute approximate surface area is 130 Å². The van der Waals surface area contributed by atoms with Gasteiger partial charge in [-0.15, -0.1) is 0 Å². The molecule has 0 saturated heterocycles. The number of hydrazone groups is 1. The van der Waals surface area contributed by atoms with Crippen molar-refractivity contribution in [1.29, 1.82) is 0 Å². The van der Waals surface area contributed by atoms with Crippen molar-refractivity contribution >= 4 is 35.3 Å². The Morgan fingerprint density at radius 3 is 2.57 bits per heavy atom. The van der Waals surface area contributed by atoms with E-state index in [9.17, 15) is 15.0 Å². The smallest absolute Gasteiger partial charge is 0.271 e. The zero-order chi connectivity index (χ0) is 15.4. The minimum Gasteiger partial charge on any atom is -0.508 e. The number of halogens is 2. The van der Waals surface area contributed by atoms with Crippen LogP contribution in [0.2, 0.25) is 10.0 Å². The van der Waals surface area contributed by atoms with Crippen LogP contribution >= 0.6 is 23.2 Å². The van der Waals surface area contributed by atoms with Crippen LogP contribution in [0.1, 0.15) is 15.9 Å². The third-order valence-electron chi connectivity index (χ3n) is 2.56. The molecule has 5 nitrogen and oxygen atoms in total. The van der Waals surface area contributed by atoms with E-state index in [0.29, 0.717) is 10.6 Å². The zero-order valence-electron chi connectivity index (χ0n) is 10.5. The van der Waals surface area contributed by atoms with Crippen LogP contribution in [0.5, 0.6) is 11.5 Å². The van der Waals surface area contributed by atoms with E-state index in [1.807, 2.05) is 0 Å². The second kappa shape index (κ2) is 6.47. The maximum absolute atomic E-state index is 11.8. The van der Waals surface area contributed by atoms with Crippen LogP contribution < -0.4 is 5.43 Å². The molecule has 0 saturated carbocycles. The molecule has 2 aromatic carbocycles. The summed E-state index contributed by atoms with van der Waals surface area (Å²) < 4.78 is 0. The molecule has 0 radical (unpaired) electrons. The number of phenolic OH excluding ortho intramolecular Hbond substituents is 2. The second-order valence-corrected chi connectivity index (χ2v) is 4.89. The summed E-state index contributed by atoms with van der Waals surface area (Å²) in [5.74, 6) is -0.574. The standard InChI is InChI=1S/C14H10Cl2N2O3/c15-11-3-1-8(6-12(11)16)14(21)18-17-7-9-5-10(19)2-4-13(9)20/h1-7,19-20H,(H,18,21)/b17-7-. The summed E-state index contributed by atoms with van der Waals surface area (Å²) in [6, 6.07) is 8.39. The minimum absolute atomic E-state index is 0.0231. The highest BCUT2D eigenvalue weighted by atomic mass is 35.5. The van der Waals surface area contributed by atoms with Gasteiger partial charge in [0.2, 0.25) is 0 Å². The molecule has 0 bridgehead atoms. The summed E-state index contributed by atoms with van der Waals surface area (Å²) in [7, 11) is 0. The van der Waals surface area contributed by atoms with Crippen LogP contribution in [0.4, 0.5) is 0 Å². The molecule has 21 heavy (non-hydrogen) atoms. The van der Waals surface area contributed by atoms with E-state index < -0.39 is 5.91 Å². The highest BCUT2D eigenvalue weighted by Crippen LogP contribution is 2.22. The van der Waals surface area contributed by atoms with Gasteiger partial charge in [-0.05, 0) is 36.4 Å². The lowest BCUT2D eigenvalue weighted by Crippen LogP contribution is -2.17. The molecule has 0 aliphatic carbocycles. The van der Waals surface area contributed by atoms with Crippen molar-refractivity contribution in [2.75, 3.05) is 0 Å². The molecule has 1 amide bonds. The Morgan fingerprint density at radius 1 is 1.10 bits per heavy atom. The third-order valence-corrected chi connectivity index (χ3v) is 3.30. The Bertz CT molecular complexity index is 717. The van der Waals surface area contributed by atoms with Crippen molar-refractivity contribution in [3.05, 3.63) is 57.6 Å². The molecule has 0 heterocycles. The van der Waals surface area contributed by atoms with E-state index in [4.69, 9.17) is 23.2 Å². The number of hydrogen-bond donors (Lipinski definition) is 3. The molecule has 0 fully saturated rings. The molecule has 0 aromatic heterocycles. The van der Waals surface area contributed by atoms with E-state index in [1.165, 1.54) is 42.6 Å². The molecular weight excluding hydrogens is 315 g/mol. The summed E-state index contributed by atoms with van der Waals surface area (Å²) in [5, 5.41) is 23.1. The minimum atomic E-state index is -0.482. The van der Waals surface area contributed by atoms with E-state index in [2.05, 4.69) is 10.5 Å². The van der Waals surface area contributed by atoms with Crippen LogP contribution in [-0.4, -0.2) is 22.3 Å². The maximum atomic E-state index is 11.8. The highest BCUT2D eigenvalue weighted by Gasteiger charge is 2.07. The topological polar surface area (TPSA) is 81.9 Å². The van der Waals surface area contributed by atoms with Crippen LogP contribution in [-0.2, 0) is 0 Å². The monoisotopic (exact) mass is 324 g/mol. The predicted molar refractivity (Wildman–Crippen MR) is 81.3 cm³/mol. The number of phenols is 2. The number of nitrogens with zero attached hydrogens (tertiary/aromatic N) is 1. The van der Waals surface area contributed by atoms with Gasteiger partial charge in [-0.2, -0.15) is 5.10 Å². The van der Waals surface area contributed by atoms with Gasteiger partial charge in [0.15, 0.2) is 0 Å². The Morgan fingerprint density at radius 2 is 1.86 bits per heavy atom. The number of carbonyl (C=O) groups is 1. The molecule has 3 N–H and O–H groups in total. The first-order chi connectivity index (χ1) is 9.97. The normalized spacial score (nSPS) is 10.8. The van der Waals surface area contributed by atoms with E-state index in [-0.39, 0.29) is 22.1 Å². The van der Waals surface area contributed by atoms with E-state index >= 15 is 0 Å². The van der Waals surface area contributed by atoms with Gasteiger partial charge in [-0.3, -0.25) is 4.79 Å². The lowest BCUT2D eigenvalue weighted by Gasteiger charge is -2.02. The Kier molecular flexibility index (Phi) is 4.67. The first-order valence-corrected chi connectivity index (χ1v) is 6.53. The fourth-order valence-corrected chi connectivity index (χ4v) is 1.81. The number of carbonyl (C=O) groups excluding carboxylic acids is 1. The van der Waals surface area contributed by atoms with Crippen molar-refractivity contribution in [3.8, 4) is 11.5 Å². The lowest BCUT2D eigenvalue weighted by atomic mass is 10.2.